The Kier molecular flexibility index (Phi) is 6.70. The van der Waals surface area contributed by atoms with Crippen LogP contribution in [0.15, 0.2) is 58.7 Å². The Morgan fingerprint density at radius 2 is 1.69 bits per heavy atom. The van der Waals surface area contributed by atoms with Gasteiger partial charge in [-0.05, 0) is 48.1 Å². The number of halogens is 1. The van der Waals surface area contributed by atoms with E-state index in [-0.39, 0.29) is 5.82 Å². The highest BCUT2D eigenvalue weighted by molar-refractivity contribution is 6.02. The molecule has 0 saturated heterocycles. The summed E-state index contributed by atoms with van der Waals surface area (Å²) in [5.41, 5.74) is 4.49. The molecule has 2 nitrogen and oxygen atoms in total. The normalized spacial score (nSPS) is 16.3. The van der Waals surface area contributed by atoms with Crippen LogP contribution < -0.4 is 0 Å². The van der Waals surface area contributed by atoms with Gasteiger partial charge in [-0.3, -0.25) is 0 Å². The number of benzene rings is 2. The Bertz CT molecular complexity index is 739. The zero-order valence-electron chi connectivity index (χ0n) is 15.5. The predicted octanol–water partition coefficient (Wildman–Crippen LogP) is 6.18. The lowest BCUT2D eigenvalue weighted by atomic mass is 9.83. The van der Waals surface area contributed by atoms with E-state index < -0.39 is 0 Å². The van der Waals surface area contributed by atoms with E-state index in [0.29, 0.717) is 5.92 Å². The summed E-state index contributed by atoms with van der Waals surface area (Å²) in [5, 5.41) is 8.93. The number of nitrogens with zero attached hydrogens (tertiary/aromatic N) is 2. The molecule has 2 aromatic rings. The van der Waals surface area contributed by atoms with Gasteiger partial charge in [0.1, 0.15) is 5.82 Å². The Hall–Kier alpha value is -2.29. The van der Waals surface area contributed by atoms with Crippen molar-refractivity contribution in [2.75, 3.05) is 0 Å². The summed E-state index contributed by atoms with van der Waals surface area (Å²) >= 11 is 0. The van der Waals surface area contributed by atoms with E-state index >= 15 is 0 Å². The second-order valence-electron chi connectivity index (χ2n) is 7.06. The third-order valence-electron chi connectivity index (χ3n) is 5.02. The minimum atomic E-state index is -0.235. The van der Waals surface area contributed by atoms with Crippen LogP contribution in [0.4, 0.5) is 4.39 Å². The van der Waals surface area contributed by atoms with Gasteiger partial charge in [-0.15, -0.1) is 0 Å². The molecule has 0 radical (unpaired) electrons. The molecule has 136 valence electrons. The standard InChI is InChI=1S/C23H27FN2/c1-2-6-18-9-13-21(14-10-18)23(20-7-4-3-5-8-20)26-25-17-19-11-15-22(24)16-12-19/h9-17,20H,2-8H2,1H3. The second-order valence-corrected chi connectivity index (χ2v) is 7.06. The molecular weight excluding hydrogens is 323 g/mol. The van der Waals surface area contributed by atoms with Crippen molar-refractivity contribution >= 4 is 11.9 Å². The third-order valence-corrected chi connectivity index (χ3v) is 5.02. The van der Waals surface area contributed by atoms with E-state index in [0.717, 1.165) is 24.1 Å². The molecule has 0 unspecified atom stereocenters. The van der Waals surface area contributed by atoms with Crippen LogP contribution in [-0.4, -0.2) is 11.9 Å². The van der Waals surface area contributed by atoms with Crippen molar-refractivity contribution in [1.82, 2.24) is 0 Å². The maximum Gasteiger partial charge on any atom is 0.123 e. The summed E-state index contributed by atoms with van der Waals surface area (Å²) in [4.78, 5) is 0. The Labute approximate surface area is 155 Å². The zero-order chi connectivity index (χ0) is 18.2. The molecule has 1 aliphatic rings. The van der Waals surface area contributed by atoms with Crippen molar-refractivity contribution in [1.29, 1.82) is 0 Å². The SMILES string of the molecule is CCCc1ccc(C(=NN=Cc2ccc(F)cc2)C2CCCCC2)cc1. The van der Waals surface area contributed by atoms with Crippen molar-refractivity contribution in [3.05, 3.63) is 71.0 Å². The van der Waals surface area contributed by atoms with E-state index in [2.05, 4.69) is 41.4 Å². The van der Waals surface area contributed by atoms with Gasteiger partial charge in [0.15, 0.2) is 0 Å². The molecule has 0 spiro atoms. The monoisotopic (exact) mass is 350 g/mol. The van der Waals surface area contributed by atoms with Gasteiger partial charge in [0.2, 0.25) is 0 Å². The molecule has 0 atom stereocenters. The van der Waals surface area contributed by atoms with E-state index in [4.69, 9.17) is 0 Å². The molecule has 26 heavy (non-hydrogen) atoms. The minimum absolute atomic E-state index is 0.235. The van der Waals surface area contributed by atoms with Gasteiger partial charge in [-0.25, -0.2) is 4.39 Å². The zero-order valence-corrected chi connectivity index (χ0v) is 15.5. The summed E-state index contributed by atoms with van der Waals surface area (Å²) in [5.74, 6) is 0.242. The van der Waals surface area contributed by atoms with Crippen molar-refractivity contribution in [3.63, 3.8) is 0 Å². The van der Waals surface area contributed by atoms with Crippen LogP contribution >= 0.6 is 0 Å². The highest BCUT2D eigenvalue weighted by Crippen LogP contribution is 2.28. The third kappa shape index (κ3) is 5.10. The first kappa shape index (κ1) is 18.5. The van der Waals surface area contributed by atoms with Crippen LogP contribution in [0.25, 0.3) is 0 Å². The fraction of sp³-hybridized carbons (Fsp3) is 0.391. The van der Waals surface area contributed by atoms with Gasteiger partial charge >= 0.3 is 0 Å². The molecule has 0 N–H and O–H groups in total. The molecule has 0 aromatic heterocycles. The maximum atomic E-state index is 13.0. The van der Waals surface area contributed by atoms with Crippen LogP contribution in [-0.2, 0) is 6.42 Å². The topological polar surface area (TPSA) is 24.7 Å². The Balaban J connectivity index is 1.83. The second kappa shape index (κ2) is 9.42. The van der Waals surface area contributed by atoms with Crippen LogP contribution in [0, 0.1) is 11.7 Å². The molecule has 2 aromatic carbocycles. The summed E-state index contributed by atoms with van der Waals surface area (Å²) in [6.45, 7) is 2.20. The van der Waals surface area contributed by atoms with Crippen LogP contribution in [0.3, 0.4) is 0 Å². The predicted molar refractivity (Wildman–Crippen MR) is 108 cm³/mol. The highest BCUT2D eigenvalue weighted by Gasteiger charge is 2.20. The molecule has 1 fully saturated rings. The van der Waals surface area contributed by atoms with Gasteiger partial charge in [0.25, 0.3) is 0 Å². The van der Waals surface area contributed by atoms with Crippen molar-refractivity contribution in [2.24, 2.45) is 16.1 Å². The molecule has 0 heterocycles. The van der Waals surface area contributed by atoms with E-state index in [1.807, 2.05) is 0 Å². The largest absolute Gasteiger partial charge is 0.207 e. The lowest BCUT2D eigenvalue weighted by Crippen LogP contribution is -2.19. The van der Waals surface area contributed by atoms with Gasteiger partial charge in [-0.1, -0.05) is 69.0 Å². The molecule has 1 aliphatic carbocycles. The van der Waals surface area contributed by atoms with Crippen LogP contribution in [0.5, 0.6) is 0 Å². The lowest BCUT2D eigenvalue weighted by Gasteiger charge is -2.23. The van der Waals surface area contributed by atoms with Gasteiger partial charge < -0.3 is 0 Å². The smallest absolute Gasteiger partial charge is 0.123 e. The van der Waals surface area contributed by atoms with E-state index in [1.165, 1.54) is 55.4 Å². The first-order chi connectivity index (χ1) is 12.8. The van der Waals surface area contributed by atoms with Crippen molar-refractivity contribution in [3.8, 4) is 0 Å². The Morgan fingerprint density at radius 3 is 2.35 bits per heavy atom. The van der Waals surface area contributed by atoms with Crippen LogP contribution in [0.1, 0.15) is 62.1 Å². The highest BCUT2D eigenvalue weighted by atomic mass is 19.1. The molecule has 3 heteroatoms. The van der Waals surface area contributed by atoms with E-state index in [9.17, 15) is 4.39 Å². The first-order valence-electron chi connectivity index (χ1n) is 9.72. The molecule has 1 saturated carbocycles. The molecule has 0 amide bonds. The average molecular weight is 350 g/mol. The molecule has 0 bridgehead atoms. The van der Waals surface area contributed by atoms with Crippen molar-refractivity contribution < 1.29 is 4.39 Å². The molecule has 3 rings (SSSR count). The molecular formula is C23H27FN2. The van der Waals surface area contributed by atoms with Crippen molar-refractivity contribution in [2.45, 2.75) is 51.9 Å². The number of rotatable bonds is 6. The fourth-order valence-corrected chi connectivity index (χ4v) is 3.59. The average Bonchev–Trinajstić information content (AvgIpc) is 2.68. The fourth-order valence-electron chi connectivity index (χ4n) is 3.59. The van der Waals surface area contributed by atoms with E-state index in [1.54, 1.807) is 18.3 Å². The first-order valence-corrected chi connectivity index (χ1v) is 9.72. The Morgan fingerprint density at radius 1 is 1.00 bits per heavy atom. The summed E-state index contributed by atoms with van der Waals surface area (Å²) < 4.78 is 13.0. The molecule has 0 aliphatic heterocycles. The number of hydrogen-bond acceptors (Lipinski definition) is 2. The summed E-state index contributed by atoms with van der Waals surface area (Å²) in [6, 6.07) is 15.1. The van der Waals surface area contributed by atoms with Gasteiger partial charge in [0.05, 0.1) is 11.9 Å². The quantitative estimate of drug-likeness (QED) is 0.439. The summed E-state index contributed by atoms with van der Waals surface area (Å²) in [6.07, 6.45) is 10.2. The van der Waals surface area contributed by atoms with Gasteiger partial charge in [-0.2, -0.15) is 10.2 Å². The summed E-state index contributed by atoms with van der Waals surface area (Å²) in [7, 11) is 0. The number of aryl methyl sites for hydroxylation is 1. The van der Waals surface area contributed by atoms with Gasteiger partial charge in [0, 0.05) is 5.92 Å². The van der Waals surface area contributed by atoms with Crippen LogP contribution in [0.2, 0.25) is 0 Å². The maximum absolute atomic E-state index is 13.0. The number of hydrogen-bond donors (Lipinski definition) is 0. The lowest BCUT2D eigenvalue weighted by molar-refractivity contribution is 0.439. The minimum Gasteiger partial charge on any atom is -0.207 e.